The Hall–Kier alpha value is -0.120. The molecule has 0 aromatic rings. The maximum Gasteiger partial charge on any atom is 0.0337 e. The molecule has 114 valence electrons. The molecule has 0 aromatic carbocycles. The quantitative estimate of drug-likeness (QED) is 0.770. The predicted molar refractivity (Wildman–Crippen MR) is 84.4 cm³/mol. The van der Waals surface area contributed by atoms with Crippen molar-refractivity contribution in [3.8, 4) is 0 Å². The maximum absolute atomic E-state index is 6.24. The Labute approximate surface area is 120 Å². The molecule has 0 aromatic heterocycles. The van der Waals surface area contributed by atoms with Crippen molar-refractivity contribution in [2.75, 3.05) is 40.3 Å². The smallest absolute Gasteiger partial charge is 0.0337 e. The van der Waals surface area contributed by atoms with Crippen molar-refractivity contribution >= 4 is 0 Å². The minimum absolute atomic E-state index is 0.253. The highest BCUT2D eigenvalue weighted by atomic mass is 15.2. The molecule has 1 rings (SSSR count). The molecule has 1 saturated carbocycles. The summed E-state index contributed by atoms with van der Waals surface area (Å²) in [4.78, 5) is 4.97. The number of nitrogens with zero attached hydrogens (tertiary/aromatic N) is 2. The van der Waals surface area contributed by atoms with Gasteiger partial charge in [-0.1, -0.05) is 20.8 Å². The van der Waals surface area contributed by atoms with Gasteiger partial charge in [0.05, 0.1) is 0 Å². The van der Waals surface area contributed by atoms with Crippen molar-refractivity contribution in [2.24, 2.45) is 17.6 Å². The minimum Gasteiger partial charge on any atom is -0.329 e. The van der Waals surface area contributed by atoms with E-state index in [0.717, 1.165) is 31.5 Å². The Morgan fingerprint density at radius 2 is 1.63 bits per heavy atom. The Balaban J connectivity index is 2.80. The summed E-state index contributed by atoms with van der Waals surface area (Å²) >= 11 is 0. The first kappa shape index (κ1) is 16.9. The van der Waals surface area contributed by atoms with Crippen LogP contribution in [-0.4, -0.2) is 55.6 Å². The van der Waals surface area contributed by atoms with E-state index in [1.54, 1.807) is 0 Å². The first-order chi connectivity index (χ1) is 8.93. The van der Waals surface area contributed by atoms with Gasteiger partial charge < -0.3 is 10.6 Å². The van der Waals surface area contributed by atoms with Crippen LogP contribution in [0.5, 0.6) is 0 Å². The standard InChI is InChI=1S/C16H35N3/c1-6-7-19(9-8-18(4)5)16(13-17)11-14(2)10-15(3)12-16/h14-15H,6-13,17H2,1-5H3. The van der Waals surface area contributed by atoms with E-state index in [9.17, 15) is 0 Å². The SMILES string of the molecule is CCCN(CCN(C)C)C1(CN)CC(C)CC(C)C1. The molecule has 0 saturated heterocycles. The molecule has 2 atom stereocenters. The van der Waals surface area contributed by atoms with Crippen molar-refractivity contribution in [3.05, 3.63) is 0 Å². The highest BCUT2D eigenvalue weighted by Gasteiger charge is 2.40. The molecule has 0 radical (unpaired) electrons. The van der Waals surface area contributed by atoms with Gasteiger partial charge in [-0.3, -0.25) is 4.90 Å². The van der Waals surface area contributed by atoms with Crippen LogP contribution >= 0.6 is 0 Å². The molecule has 2 N–H and O–H groups in total. The van der Waals surface area contributed by atoms with Gasteiger partial charge in [0.25, 0.3) is 0 Å². The highest BCUT2D eigenvalue weighted by molar-refractivity contribution is 4.97. The van der Waals surface area contributed by atoms with Gasteiger partial charge in [-0.25, -0.2) is 0 Å². The van der Waals surface area contributed by atoms with Crippen molar-refractivity contribution in [2.45, 2.75) is 52.0 Å². The second kappa shape index (κ2) is 7.61. The predicted octanol–water partition coefficient (Wildman–Crippen LogP) is 2.41. The Kier molecular flexibility index (Phi) is 6.78. The molecule has 1 aliphatic carbocycles. The molecule has 0 aliphatic heterocycles. The summed E-state index contributed by atoms with van der Waals surface area (Å²) in [5, 5.41) is 0. The third-order valence-corrected chi connectivity index (χ3v) is 4.62. The topological polar surface area (TPSA) is 32.5 Å². The van der Waals surface area contributed by atoms with Crippen LogP contribution in [-0.2, 0) is 0 Å². The molecule has 0 heterocycles. The maximum atomic E-state index is 6.24. The molecule has 0 amide bonds. The van der Waals surface area contributed by atoms with Crippen molar-refractivity contribution in [1.82, 2.24) is 9.80 Å². The summed E-state index contributed by atoms with van der Waals surface area (Å²) in [6.07, 6.45) is 5.15. The van der Waals surface area contributed by atoms with Crippen LogP contribution in [0.4, 0.5) is 0 Å². The molecular weight excluding hydrogens is 234 g/mol. The lowest BCUT2D eigenvalue weighted by Crippen LogP contribution is -2.58. The molecule has 19 heavy (non-hydrogen) atoms. The zero-order chi connectivity index (χ0) is 14.5. The number of hydrogen-bond donors (Lipinski definition) is 1. The van der Waals surface area contributed by atoms with Crippen molar-refractivity contribution in [3.63, 3.8) is 0 Å². The van der Waals surface area contributed by atoms with Gasteiger partial charge in [0.1, 0.15) is 0 Å². The number of nitrogens with two attached hydrogens (primary N) is 1. The summed E-state index contributed by atoms with van der Waals surface area (Å²) in [5.74, 6) is 1.62. The molecule has 1 aliphatic rings. The van der Waals surface area contributed by atoms with E-state index in [1.807, 2.05) is 0 Å². The largest absolute Gasteiger partial charge is 0.329 e. The van der Waals surface area contributed by atoms with Gasteiger partial charge in [0.15, 0.2) is 0 Å². The third kappa shape index (κ3) is 4.73. The number of likely N-dealkylation sites (N-methyl/N-ethyl adjacent to an activating group) is 1. The Morgan fingerprint density at radius 1 is 1.05 bits per heavy atom. The van der Waals surface area contributed by atoms with Crippen molar-refractivity contribution in [1.29, 1.82) is 0 Å². The van der Waals surface area contributed by atoms with E-state index in [1.165, 1.54) is 32.2 Å². The van der Waals surface area contributed by atoms with E-state index < -0.39 is 0 Å². The van der Waals surface area contributed by atoms with Crippen LogP contribution in [0.1, 0.15) is 46.5 Å². The Morgan fingerprint density at radius 3 is 2.05 bits per heavy atom. The van der Waals surface area contributed by atoms with Crippen LogP contribution < -0.4 is 5.73 Å². The minimum atomic E-state index is 0.253. The van der Waals surface area contributed by atoms with E-state index in [2.05, 4.69) is 44.7 Å². The van der Waals surface area contributed by atoms with Crippen LogP contribution in [0.3, 0.4) is 0 Å². The van der Waals surface area contributed by atoms with E-state index in [4.69, 9.17) is 5.73 Å². The normalized spacial score (nSPS) is 32.2. The molecule has 0 spiro atoms. The van der Waals surface area contributed by atoms with E-state index in [-0.39, 0.29) is 5.54 Å². The summed E-state index contributed by atoms with van der Waals surface area (Å²) in [7, 11) is 4.32. The fraction of sp³-hybridized carbons (Fsp3) is 1.00. The zero-order valence-corrected chi connectivity index (χ0v) is 13.8. The number of hydrogen-bond acceptors (Lipinski definition) is 3. The summed E-state index contributed by atoms with van der Waals surface area (Å²) in [6.45, 7) is 11.4. The summed E-state index contributed by atoms with van der Waals surface area (Å²) in [6, 6.07) is 0. The summed E-state index contributed by atoms with van der Waals surface area (Å²) < 4.78 is 0. The molecular formula is C16H35N3. The van der Waals surface area contributed by atoms with Gasteiger partial charge in [-0.2, -0.15) is 0 Å². The van der Waals surface area contributed by atoms with Crippen LogP contribution in [0.25, 0.3) is 0 Å². The fourth-order valence-corrected chi connectivity index (χ4v) is 3.96. The van der Waals surface area contributed by atoms with Gasteiger partial charge >= 0.3 is 0 Å². The fourth-order valence-electron chi connectivity index (χ4n) is 3.96. The molecule has 1 fully saturated rings. The van der Waals surface area contributed by atoms with Gasteiger partial charge in [0, 0.05) is 25.2 Å². The van der Waals surface area contributed by atoms with E-state index >= 15 is 0 Å². The Bertz CT molecular complexity index is 242. The average molecular weight is 269 g/mol. The summed E-state index contributed by atoms with van der Waals surface area (Å²) in [5.41, 5.74) is 6.50. The second-order valence-electron chi connectivity index (χ2n) is 7.07. The van der Waals surface area contributed by atoms with Crippen LogP contribution in [0.2, 0.25) is 0 Å². The molecule has 3 heteroatoms. The van der Waals surface area contributed by atoms with Crippen LogP contribution in [0, 0.1) is 11.8 Å². The molecule has 3 nitrogen and oxygen atoms in total. The lowest BCUT2D eigenvalue weighted by atomic mass is 9.70. The number of rotatable bonds is 7. The van der Waals surface area contributed by atoms with E-state index in [0.29, 0.717) is 0 Å². The highest BCUT2D eigenvalue weighted by Crippen LogP contribution is 2.39. The lowest BCUT2D eigenvalue weighted by molar-refractivity contribution is 0.0155. The van der Waals surface area contributed by atoms with Crippen molar-refractivity contribution < 1.29 is 0 Å². The van der Waals surface area contributed by atoms with Gasteiger partial charge in [-0.15, -0.1) is 0 Å². The van der Waals surface area contributed by atoms with Gasteiger partial charge in [-0.05, 0) is 58.2 Å². The van der Waals surface area contributed by atoms with Gasteiger partial charge in [0.2, 0.25) is 0 Å². The van der Waals surface area contributed by atoms with Crippen LogP contribution in [0.15, 0.2) is 0 Å². The first-order valence-corrected chi connectivity index (χ1v) is 8.03. The lowest BCUT2D eigenvalue weighted by Gasteiger charge is -2.50. The zero-order valence-electron chi connectivity index (χ0n) is 13.8. The molecule has 0 bridgehead atoms. The molecule has 2 unspecified atom stereocenters. The third-order valence-electron chi connectivity index (χ3n) is 4.62. The second-order valence-corrected chi connectivity index (χ2v) is 7.07. The monoisotopic (exact) mass is 269 g/mol. The average Bonchev–Trinajstić information content (AvgIpc) is 2.32. The first-order valence-electron chi connectivity index (χ1n) is 8.03.